The van der Waals surface area contributed by atoms with Crippen molar-refractivity contribution in [1.29, 1.82) is 5.41 Å². The molecule has 4 N–H and O–H groups in total. The van der Waals surface area contributed by atoms with E-state index in [1.54, 1.807) is 6.07 Å². The number of rotatable bonds is 3. The minimum Gasteiger partial charge on any atom is -0.462 e. The predicted octanol–water partition coefficient (Wildman–Crippen LogP) is 0.914. The highest BCUT2D eigenvalue weighted by atomic mass is 17.2. The van der Waals surface area contributed by atoms with Crippen LogP contribution in [0.5, 0.6) is 0 Å². The molecule has 0 bridgehead atoms. The molecule has 6 nitrogen and oxygen atoms in total. The summed E-state index contributed by atoms with van der Waals surface area (Å²) < 4.78 is 4.78. The summed E-state index contributed by atoms with van der Waals surface area (Å²) in [5, 5.41) is 7.21. The number of nitrogens with one attached hydrogen (secondary N) is 1. The van der Waals surface area contributed by atoms with Crippen molar-refractivity contribution in [3.8, 4) is 0 Å². The maximum atomic E-state index is 10.8. The van der Waals surface area contributed by atoms with Crippen LogP contribution in [0.3, 0.4) is 0 Å². The third kappa shape index (κ3) is 2.69. The Morgan fingerprint density at radius 2 is 2.31 bits per heavy atom. The smallest absolute Gasteiger partial charge is 0.394 e. The van der Waals surface area contributed by atoms with Crippen molar-refractivity contribution in [2.45, 2.75) is 0 Å². The Labute approximate surface area is 74.5 Å². The van der Waals surface area contributed by atoms with E-state index in [0.29, 0.717) is 0 Å². The minimum absolute atomic E-state index is 0. The average molecular weight is 186 g/mol. The quantitative estimate of drug-likeness (QED) is 0.414. The van der Waals surface area contributed by atoms with Gasteiger partial charge in [0.25, 0.3) is 0 Å². The lowest BCUT2D eigenvalue weighted by Crippen LogP contribution is -2.16. The van der Waals surface area contributed by atoms with Crippen molar-refractivity contribution in [2.24, 2.45) is 0 Å². The maximum Gasteiger partial charge on any atom is 0.394 e. The van der Waals surface area contributed by atoms with E-state index >= 15 is 0 Å². The molecule has 0 saturated carbocycles. The summed E-state index contributed by atoms with van der Waals surface area (Å²) in [6, 6.07) is 3.06. The fourth-order valence-corrected chi connectivity index (χ4v) is 0.639. The first-order valence-electron chi connectivity index (χ1n) is 3.13. The van der Waals surface area contributed by atoms with Gasteiger partial charge in [-0.1, -0.05) is 0 Å². The first-order chi connectivity index (χ1) is 5.75. The molecule has 1 rings (SSSR count). The molecular weight excluding hydrogens is 176 g/mol. The Kier molecular flexibility index (Phi) is 4.42. The van der Waals surface area contributed by atoms with E-state index in [-0.39, 0.29) is 17.6 Å². The lowest BCUT2D eigenvalue weighted by atomic mass is 10.3. The van der Waals surface area contributed by atoms with Crippen molar-refractivity contribution >= 4 is 11.7 Å². The van der Waals surface area contributed by atoms with E-state index in [2.05, 4.69) is 9.78 Å². The largest absolute Gasteiger partial charge is 0.462 e. The normalized spacial score (nSPS) is 8.69. The molecule has 0 aliphatic rings. The first-order valence-corrected chi connectivity index (χ1v) is 3.13. The second kappa shape index (κ2) is 5.07. The molecule has 0 amide bonds. The van der Waals surface area contributed by atoms with Crippen LogP contribution < -0.4 is 6.15 Å². The summed E-state index contributed by atoms with van der Waals surface area (Å²) in [6.07, 6.45) is 1.37. The molecule has 0 atom stereocenters. The molecule has 6 heteroatoms. The molecule has 0 fully saturated rings. The average Bonchev–Trinajstić information content (AvgIpc) is 2.55. The zero-order valence-corrected chi connectivity index (χ0v) is 7.07. The second-order valence-corrected chi connectivity index (χ2v) is 1.89. The van der Waals surface area contributed by atoms with E-state index in [9.17, 15) is 4.79 Å². The Bertz CT molecular complexity index is 281. The standard InChI is InChI=1S/C7H7NO4.H3N/c1-10-12-7(9)6(8)5-3-2-4-11-5;/h2-4,8H,1H3;1H3. The predicted molar refractivity (Wildman–Crippen MR) is 43.7 cm³/mol. The second-order valence-electron chi connectivity index (χ2n) is 1.89. The Morgan fingerprint density at radius 3 is 2.77 bits per heavy atom. The topological polar surface area (TPSA) is 108 Å². The zero-order chi connectivity index (χ0) is 8.97. The van der Waals surface area contributed by atoms with Crippen LogP contribution in [0.2, 0.25) is 0 Å². The Balaban J connectivity index is 0.00000144. The summed E-state index contributed by atoms with van der Waals surface area (Å²) in [6.45, 7) is 0. The van der Waals surface area contributed by atoms with Crippen LogP contribution in [-0.2, 0) is 14.6 Å². The van der Waals surface area contributed by atoms with Gasteiger partial charge in [-0.25, -0.2) is 4.79 Å². The van der Waals surface area contributed by atoms with Gasteiger partial charge in [-0.2, -0.15) is 4.89 Å². The lowest BCUT2D eigenvalue weighted by Gasteiger charge is -1.97. The fraction of sp³-hybridized carbons (Fsp3) is 0.143. The molecule has 0 aliphatic carbocycles. The number of furan rings is 1. The molecule has 1 heterocycles. The summed E-state index contributed by atoms with van der Waals surface area (Å²) in [5.74, 6) is -0.732. The summed E-state index contributed by atoms with van der Waals surface area (Å²) in [7, 11) is 1.19. The van der Waals surface area contributed by atoms with Gasteiger partial charge in [0, 0.05) is 0 Å². The van der Waals surface area contributed by atoms with E-state index < -0.39 is 5.97 Å². The van der Waals surface area contributed by atoms with E-state index in [1.807, 2.05) is 0 Å². The van der Waals surface area contributed by atoms with Crippen molar-refractivity contribution < 1.29 is 19.0 Å². The fourth-order valence-electron chi connectivity index (χ4n) is 0.639. The van der Waals surface area contributed by atoms with Crippen molar-refractivity contribution in [1.82, 2.24) is 6.15 Å². The zero-order valence-electron chi connectivity index (χ0n) is 7.07. The number of hydrogen-bond donors (Lipinski definition) is 2. The molecule has 72 valence electrons. The molecule has 0 saturated heterocycles. The van der Waals surface area contributed by atoms with Crippen LogP contribution in [-0.4, -0.2) is 18.8 Å². The molecule has 1 aromatic rings. The van der Waals surface area contributed by atoms with Gasteiger partial charge in [-0.05, 0) is 12.1 Å². The highest BCUT2D eigenvalue weighted by molar-refractivity contribution is 6.40. The Hall–Kier alpha value is -1.66. The number of carbonyl (C=O) groups is 1. The van der Waals surface area contributed by atoms with Gasteiger partial charge < -0.3 is 10.6 Å². The van der Waals surface area contributed by atoms with E-state index in [4.69, 9.17) is 9.83 Å². The SMILES string of the molecule is COOC(=O)C(=N)c1ccco1.N. The Morgan fingerprint density at radius 1 is 1.62 bits per heavy atom. The third-order valence-corrected chi connectivity index (χ3v) is 1.13. The van der Waals surface area contributed by atoms with Gasteiger partial charge in [0.1, 0.15) is 0 Å². The van der Waals surface area contributed by atoms with Gasteiger partial charge in [-0.3, -0.25) is 10.3 Å². The van der Waals surface area contributed by atoms with Crippen LogP contribution in [0.1, 0.15) is 5.76 Å². The summed E-state index contributed by atoms with van der Waals surface area (Å²) in [5.41, 5.74) is -0.373. The van der Waals surface area contributed by atoms with Gasteiger partial charge >= 0.3 is 5.97 Å². The van der Waals surface area contributed by atoms with Crippen LogP contribution in [0, 0.1) is 5.41 Å². The molecular formula is C7H10N2O4. The molecule has 0 aromatic carbocycles. The molecule has 0 unspecified atom stereocenters. The summed E-state index contributed by atoms with van der Waals surface area (Å²) in [4.78, 5) is 19.0. The monoisotopic (exact) mass is 186 g/mol. The molecule has 0 aliphatic heterocycles. The first kappa shape index (κ1) is 11.3. The van der Waals surface area contributed by atoms with Crippen LogP contribution in [0.15, 0.2) is 22.8 Å². The van der Waals surface area contributed by atoms with Crippen LogP contribution >= 0.6 is 0 Å². The van der Waals surface area contributed by atoms with Gasteiger partial charge in [-0.15, -0.1) is 0 Å². The molecule has 0 radical (unpaired) electrons. The van der Waals surface area contributed by atoms with E-state index in [1.165, 1.54) is 19.4 Å². The van der Waals surface area contributed by atoms with Crippen LogP contribution in [0.4, 0.5) is 0 Å². The van der Waals surface area contributed by atoms with E-state index in [0.717, 1.165) is 0 Å². The third-order valence-electron chi connectivity index (χ3n) is 1.13. The van der Waals surface area contributed by atoms with Crippen molar-refractivity contribution in [3.63, 3.8) is 0 Å². The van der Waals surface area contributed by atoms with Crippen molar-refractivity contribution in [3.05, 3.63) is 24.2 Å². The van der Waals surface area contributed by atoms with Gasteiger partial charge in [0.2, 0.25) is 0 Å². The number of hydrogen-bond acceptors (Lipinski definition) is 6. The summed E-state index contributed by atoms with van der Waals surface area (Å²) >= 11 is 0. The minimum atomic E-state index is -0.882. The molecule has 1 aromatic heterocycles. The van der Waals surface area contributed by atoms with Crippen molar-refractivity contribution in [2.75, 3.05) is 7.11 Å². The highest BCUT2D eigenvalue weighted by Crippen LogP contribution is 2.02. The maximum absolute atomic E-state index is 10.8. The molecule has 0 spiro atoms. The highest BCUT2D eigenvalue weighted by Gasteiger charge is 2.16. The lowest BCUT2D eigenvalue weighted by molar-refractivity contribution is -0.247. The van der Waals surface area contributed by atoms with Gasteiger partial charge in [0.05, 0.1) is 13.4 Å². The van der Waals surface area contributed by atoms with Gasteiger partial charge in [0.15, 0.2) is 11.5 Å². The number of carbonyl (C=O) groups excluding carboxylic acids is 1. The van der Waals surface area contributed by atoms with Crippen LogP contribution in [0.25, 0.3) is 0 Å². The molecule has 13 heavy (non-hydrogen) atoms.